The van der Waals surface area contributed by atoms with E-state index in [4.69, 9.17) is 17.3 Å². The first kappa shape index (κ1) is 10.6. The molecule has 0 aliphatic heterocycles. The van der Waals surface area contributed by atoms with E-state index in [-0.39, 0.29) is 22.8 Å². The smallest absolute Gasteiger partial charge is 0.281 e. The molecule has 0 saturated carbocycles. The van der Waals surface area contributed by atoms with Crippen LogP contribution in [0.5, 0.6) is 0 Å². The van der Waals surface area contributed by atoms with Crippen LogP contribution >= 0.6 is 11.6 Å². The zero-order valence-corrected chi connectivity index (χ0v) is 7.82. The Labute approximate surface area is 84.6 Å². The Morgan fingerprint density at radius 2 is 2.21 bits per heavy atom. The van der Waals surface area contributed by atoms with Gasteiger partial charge in [0, 0.05) is 11.1 Å². The summed E-state index contributed by atoms with van der Waals surface area (Å²) < 4.78 is 0. The van der Waals surface area contributed by atoms with Crippen molar-refractivity contribution < 1.29 is 9.72 Å². The van der Waals surface area contributed by atoms with Crippen molar-refractivity contribution in [3.8, 4) is 0 Å². The maximum absolute atomic E-state index is 11.2. The normalized spacial score (nSPS) is 9.86. The number of nitrogens with two attached hydrogens (primary N) is 1. The summed E-state index contributed by atoms with van der Waals surface area (Å²) in [6.07, 6.45) is 0. The predicted octanol–water partition coefficient (Wildman–Crippen LogP) is 1.39. The van der Waals surface area contributed by atoms with E-state index < -0.39 is 10.7 Å². The highest BCUT2D eigenvalue weighted by Gasteiger charge is 2.18. The predicted molar refractivity (Wildman–Crippen MR) is 51.5 cm³/mol. The average Bonchev–Trinajstić information content (AvgIpc) is 2.16. The van der Waals surface area contributed by atoms with Crippen LogP contribution < -0.4 is 5.73 Å². The Morgan fingerprint density at radius 1 is 1.57 bits per heavy atom. The van der Waals surface area contributed by atoms with Crippen LogP contribution in [0.3, 0.4) is 0 Å². The Balaban J connectivity index is 3.28. The van der Waals surface area contributed by atoms with Crippen LogP contribution in [-0.4, -0.2) is 17.3 Å². The summed E-state index contributed by atoms with van der Waals surface area (Å²) in [6, 6.07) is 3.84. The number of Topliss-reactive ketones (excluding diaryl/α,β-unsaturated/α-hetero) is 1. The van der Waals surface area contributed by atoms with E-state index >= 15 is 0 Å². The number of nitro groups is 1. The number of carbonyl (C=O) groups excluding carboxylic acids is 1. The van der Waals surface area contributed by atoms with Crippen molar-refractivity contribution in [1.29, 1.82) is 0 Å². The van der Waals surface area contributed by atoms with E-state index in [1.54, 1.807) is 0 Å². The monoisotopic (exact) mass is 214 g/mol. The Kier molecular flexibility index (Phi) is 3.16. The van der Waals surface area contributed by atoms with E-state index in [1.165, 1.54) is 12.1 Å². The van der Waals surface area contributed by atoms with Gasteiger partial charge in [0.2, 0.25) is 0 Å². The number of halogens is 1. The van der Waals surface area contributed by atoms with Gasteiger partial charge in [0.25, 0.3) is 5.69 Å². The molecule has 0 spiro atoms. The van der Waals surface area contributed by atoms with Crippen LogP contribution in [0.2, 0.25) is 5.02 Å². The lowest BCUT2D eigenvalue weighted by molar-refractivity contribution is -0.385. The molecule has 0 heterocycles. The molecule has 0 atom stereocenters. The summed E-state index contributed by atoms with van der Waals surface area (Å²) in [7, 11) is 0. The molecule has 5 nitrogen and oxygen atoms in total. The highest BCUT2D eigenvalue weighted by molar-refractivity contribution is 6.31. The SMILES string of the molecule is NCC(=O)c1ccc(Cl)cc1[N+](=O)[O-]. The number of nitrogens with zero attached hydrogens (tertiary/aromatic N) is 1. The molecule has 0 aliphatic carbocycles. The van der Waals surface area contributed by atoms with Crippen molar-refractivity contribution in [2.45, 2.75) is 0 Å². The molecule has 0 fully saturated rings. The second-order valence-electron chi connectivity index (χ2n) is 2.55. The van der Waals surface area contributed by atoms with Crippen molar-refractivity contribution in [2.75, 3.05) is 6.54 Å². The molecule has 1 aromatic rings. The number of benzene rings is 1. The van der Waals surface area contributed by atoms with Crippen LogP contribution in [0.4, 0.5) is 5.69 Å². The summed E-state index contributed by atoms with van der Waals surface area (Å²) in [5.41, 5.74) is 4.78. The summed E-state index contributed by atoms with van der Waals surface area (Å²) in [5, 5.41) is 10.8. The zero-order chi connectivity index (χ0) is 10.7. The number of nitro benzene ring substituents is 1. The maximum atomic E-state index is 11.2. The van der Waals surface area contributed by atoms with Crippen LogP contribution in [0.1, 0.15) is 10.4 Å². The first-order valence-electron chi connectivity index (χ1n) is 3.73. The molecule has 2 N–H and O–H groups in total. The van der Waals surface area contributed by atoms with Gasteiger partial charge in [0.1, 0.15) is 0 Å². The maximum Gasteiger partial charge on any atom is 0.281 e. The van der Waals surface area contributed by atoms with Gasteiger partial charge in [-0.25, -0.2) is 0 Å². The fourth-order valence-corrected chi connectivity index (χ4v) is 1.17. The zero-order valence-electron chi connectivity index (χ0n) is 7.07. The van der Waals surface area contributed by atoms with Gasteiger partial charge in [-0.15, -0.1) is 0 Å². The van der Waals surface area contributed by atoms with E-state index in [9.17, 15) is 14.9 Å². The average molecular weight is 215 g/mol. The molecular formula is C8H7ClN2O3. The molecule has 0 bridgehead atoms. The van der Waals surface area contributed by atoms with Gasteiger partial charge in [0.05, 0.1) is 17.0 Å². The molecule has 0 saturated heterocycles. The molecule has 1 aromatic carbocycles. The molecule has 14 heavy (non-hydrogen) atoms. The lowest BCUT2D eigenvalue weighted by Gasteiger charge is -2.00. The molecule has 0 amide bonds. The Morgan fingerprint density at radius 3 is 2.71 bits per heavy atom. The highest BCUT2D eigenvalue weighted by Crippen LogP contribution is 2.23. The fourth-order valence-electron chi connectivity index (χ4n) is 1.00. The summed E-state index contributed by atoms with van der Waals surface area (Å²) in [5.74, 6) is -0.478. The molecule has 74 valence electrons. The largest absolute Gasteiger partial charge is 0.324 e. The van der Waals surface area contributed by atoms with Gasteiger partial charge < -0.3 is 5.73 Å². The van der Waals surface area contributed by atoms with Crippen LogP contribution in [-0.2, 0) is 0 Å². The first-order valence-corrected chi connectivity index (χ1v) is 4.11. The van der Waals surface area contributed by atoms with Gasteiger partial charge >= 0.3 is 0 Å². The number of ketones is 1. The Bertz CT molecular complexity index is 392. The van der Waals surface area contributed by atoms with Gasteiger partial charge in [-0.05, 0) is 12.1 Å². The third-order valence-corrected chi connectivity index (χ3v) is 1.88. The van der Waals surface area contributed by atoms with Crippen molar-refractivity contribution >= 4 is 23.1 Å². The fraction of sp³-hybridized carbons (Fsp3) is 0.125. The van der Waals surface area contributed by atoms with E-state index in [2.05, 4.69) is 0 Å². The minimum Gasteiger partial charge on any atom is -0.324 e. The minimum atomic E-state index is -0.658. The number of hydrogen-bond acceptors (Lipinski definition) is 4. The molecule has 0 radical (unpaired) electrons. The molecule has 0 unspecified atom stereocenters. The van der Waals surface area contributed by atoms with Gasteiger partial charge in [-0.3, -0.25) is 14.9 Å². The van der Waals surface area contributed by atoms with Gasteiger partial charge in [0.15, 0.2) is 5.78 Å². The number of hydrogen-bond donors (Lipinski definition) is 1. The van der Waals surface area contributed by atoms with E-state index in [0.717, 1.165) is 6.07 Å². The van der Waals surface area contributed by atoms with Crippen molar-refractivity contribution in [3.63, 3.8) is 0 Å². The molecular weight excluding hydrogens is 208 g/mol. The second kappa shape index (κ2) is 4.17. The summed E-state index contributed by atoms with van der Waals surface area (Å²) >= 11 is 5.56. The topological polar surface area (TPSA) is 86.2 Å². The van der Waals surface area contributed by atoms with E-state index in [0.29, 0.717) is 0 Å². The summed E-state index contributed by atoms with van der Waals surface area (Å²) in [4.78, 5) is 21.1. The number of carbonyl (C=O) groups is 1. The van der Waals surface area contributed by atoms with Gasteiger partial charge in [-0.1, -0.05) is 11.6 Å². The van der Waals surface area contributed by atoms with Crippen LogP contribution in [0.25, 0.3) is 0 Å². The van der Waals surface area contributed by atoms with Gasteiger partial charge in [-0.2, -0.15) is 0 Å². The molecule has 0 aromatic heterocycles. The van der Waals surface area contributed by atoms with Crippen LogP contribution in [0.15, 0.2) is 18.2 Å². The first-order chi connectivity index (χ1) is 6.56. The second-order valence-corrected chi connectivity index (χ2v) is 2.98. The van der Waals surface area contributed by atoms with Crippen LogP contribution in [0, 0.1) is 10.1 Å². The van der Waals surface area contributed by atoms with E-state index in [1.807, 2.05) is 0 Å². The lowest BCUT2D eigenvalue weighted by atomic mass is 10.1. The van der Waals surface area contributed by atoms with Crippen molar-refractivity contribution in [1.82, 2.24) is 0 Å². The molecule has 6 heteroatoms. The van der Waals surface area contributed by atoms with Crippen molar-refractivity contribution in [2.24, 2.45) is 5.73 Å². The summed E-state index contributed by atoms with van der Waals surface area (Å²) in [6.45, 7) is -0.261. The lowest BCUT2D eigenvalue weighted by Crippen LogP contribution is -2.15. The minimum absolute atomic E-state index is 0.0121. The Hall–Kier alpha value is -1.46. The van der Waals surface area contributed by atoms with Crippen molar-refractivity contribution in [3.05, 3.63) is 38.9 Å². The third kappa shape index (κ3) is 2.07. The highest BCUT2D eigenvalue weighted by atomic mass is 35.5. The molecule has 0 aliphatic rings. The third-order valence-electron chi connectivity index (χ3n) is 1.64. The molecule has 1 rings (SSSR count). The standard InChI is InChI=1S/C8H7ClN2O3/c9-5-1-2-6(8(12)4-10)7(3-5)11(13)14/h1-3H,4,10H2. The quantitative estimate of drug-likeness (QED) is 0.468. The number of rotatable bonds is 3.